The Morgan fingerprint density at radius 3 is 2.83 bits per heavy atom. The van der Waals surface area contributed by atoms with Crippen LogP contribution in [0.5, 0.6) is 0 Å². The number of aromatic amines is 2. The average molecular weight is 385 g/mol. The molecule has 3 aromatic heterocycles. The molecule has 0 saturated carbocycles. The molecular weight excluding hydrogens is 366 g/mol. The second-order valence-electron chi connectivity index (χ2n) is 6.91. The molecule has 0 unspecified atom stereocenters. The number of nitrogens with zero attached hydrogens (tertiary/aromatic N) is 4. The third-order valence-electron chi connectivity index (χ3n) is 4.93. The number of benzene rings is 1. The van der Waals surface area contributed by atoms with Gasteiger partial charge in [-0.05, 0) is 24.6 Å². The van der Waals surface area contributed by atoms with Crippen LogP contribution in [0.25, 0.3) is 22.2 Å². The smallest absolute Gasteiger partial charge is 0.287 e. The maximum Gasteiger partial charge on any atom is 0.287 e. The minimum atomic E-state index is -0.273. The normalized spacial score (nSPS) is 14.6. The van der Waals surface area contributed by atoms with E-state index in [1.165, 1.54) is 0 Å². The summed E-state index contributed by atoms with van der Waals surface area (Å²) in [6.45, 7) is 2.68. The van der Waals surface area contributed by atoms with Gasteiger partial charge < -0.3 is 15.2 Å². The zero-order chi connectivity index (χ0) is 19.8. The van der Waals surface area contributed by atoms with E-state index < -0.39 is 0 Å². The van der Waals surface area contributed by atoms with E-state index in [2.05, 4.69) is 36.5 Å². The SMILES string of the molecule is C[C@@H](NC(=O)c1nc2cc3c(N4C=CC=CC4)n[nH]c3nc2[nH]1)c1ccccc1. The molecule has 1 aliphatic rings. The van der Waals surface area contributed by atoms with Crippen molar-refractivity contribution in [2.45, 2.75) is 13.0 Å². The van der Waals surface area contributed by atoms with Crippen molar-refractivity contribution in [2.75, 3.05) is 11.4 Å². The summed E-state index contributed by atoms with van der Waals surface area (Å²) in [6, 6.07) is 11.6. The van der Waals surface area contributed by atoms with Crippen LogP contribution in [0.4, 0.5) is 5.82 Å². The second kappa shape index (κ2) is 6.90. The van der Waals surface area contributed by atoms with Crippen molar-refractivity contribution in [3.8, 4) is 0 Å². The summed E-state index contributed by atoms with van der Waals surface area (Å²) >= 11 is 0. The Morgan fingerprint density at radius 2 is 2.03 bits per heavy atom. The fourth-order valence-electron chi connectivity index (χ4n) is 3.40. The molecule has 1 amide bonds. The number of carbonyl (C=O) groups excluding carboxylic acids is 1. The molecule has 29 heavy (non-hydrogen) atoms. The van der Waals surface area contributed by atoms with Gasteiger partial charge in [0, 0.05) is 12.7 Å². The van der Waals surface area contributed by atoms with Crippen molar-refractivity contribution in [3.63, 3.8) is 0 Å². The molecule has 8 heteroatoms. The number of nitrogens with one attached hydrogen (secondary N) is 3. The molecule has 1 aliphatic heterocycles. The number of H-pyrrole nitrogens is 2. The summed E-state index contributed by atoms with van der Waals surface area (Å²) in [7, 11) is 0. The van der Waals surface area contributed by atoms with Crippen LogP contribution in [0.2, 0.25) is 0 Å². The Morgan fingerprint density at radius 1 is 1.17 bits per heavy atom. The number of anilines is 1. The van der Waals surface area contributed by atoms with Crippen molar-refractivity contribution < 1.29 is 4.79 Å². The lowest BCUT2D eigenvalue weighted by atomic mass is 10.1. The van der Waals surface area contributed by atoms with Crippen LogP contribution in [-0.2, 0) is 0 Å². The lowest BCUT2D eigenvalue weighted by Crippen LogP contribution is -2.27. The van der Waals surface area contributed by atoms with Crippen LogP contribution in [0.3, 0.4) is 0 Å². The van der Waals surface area contributed by atoms with E-state index in [4.69, 9.17) is 0 Å². The van der Waals surface area contributed by atoms with Crippen LogP contribution in [0.1, 0.15) is 29.1 Å². The minimum Gasteiger partial charge on any atom is -0.343 e. The number of pyridine rings is 1. The van der Waals surface area contributed by atoms with Gasteiger partial charge in [0.15, 0.2) is 22.9 Å². The number of rotatable bonds is 4. The molecule has 4 aromatic rings. The van der Waals surface area contributed by atoms with E-state index in [-0.39, 0.29) is 17.8 Å². The number of amides is 1. The van der Waals surface area contributed by atoms with Gasteiger partial charge in [-0.3, -0.25) is 9.89 Å². The number of hydrogen-bond donors (Lipinski definition) is 3. The van der Waals surface area contributed by atoms with Crippen molar-refractivity contribution in [2.24, 2.45) is 0 Å². The Bertz CT molecular complexity index is 1250. The molecule has 4 heterocycles. The van der Waals surface area contributed by atoms with Crippen molar-refractivity contribution in [1.82, 2.24) is 30.5 Å². The minimum absolute atomic E-state index is 0.130. The van der Waals surface area contributed by atoms with Crippen LogP contribution in [0, 0.1) is 0 Å². The molecule has 0 fully saturated rings. The molecule has 0 aliphatic carbocycles. The van der Waals surface area contributed by atoms with Gasteiger partial charge >= 0.3 is 0 Å². The van der Waals surface area contributed by atoms with E-state index in [9.17, 15) is 4.79 Å². The maximum atomic E-state index is 12.7. The monoisotopic (exact) mass is 385 g/mol. The van der Waals surface area contributed by atoms with Crippen LogP contribution < -0.4 is 10.2 Å². The van der Waals surface area contributed by atoms with Crippen LogP contribution in [0.15, 0.2) is 60.8 Å². The summed E-state index contributed by atoms with van der Waals surface area (Å²) in [5.74, 6) is 0.741. The Hall–Kier alpha value is -3.94. The highest BCUT2D eigenvalue weighted by molar-refractivity contribution is 5.98. The van der Waals surface area contributed by atoms with Gasteiger partial charge in [0.2, 0.25) is 0 Å². The number of imidazole rings is 1. The Balaban J connectivity index is 1.44. The largest absolute Gasteiger partial charge is 0.343 e. The quantitative estimate of drug-likeness (QED) is 0.501. The Labute approximate surface area is 166 Å². The highest BCUT2D eigenvalue weighted by Crippen LogP contribution is 2.26. The first kappa shape index (κ1) is 17.2. The molecule has 5 rings (SSSR count). The zero-order valence-electron chi connectivity index (χ0n) is 15.8. The maximum absolute atomic E-state index is 12.7. The number of aromatic nitrogens is 5. The second-order valence-corrected chi connectivity index (χ2v) is 6.91. The van der Waals surface area contributed by atoms with E-state index in [0.29, 0.717) is 16.8 Å². The first-order chi connectivity index (χ1) is 14.2. The molecular formula is C21H19N7O. The first-order valence-corrected chi connectivity index (χ1v) is 9.39. The number of carbonyl (C=O) groups is 1. The average Bonchev–Trinajstić information content (AvgIpc) is 3.36. The third kappa shape index (κ3) is 3.14. The van der Waals surface area contributed by atoms with Crippen molar-refractivity contribution in [3.05, 3.63) is 72.2 Å². The number of allylic oxidation sites excluding steroid dienone is 2. The fourth-order valence-corrected chi connectivity index (χ4v) is 3.40. The van der Waals surface area contributed by atoms with Crippen molar-refractivity contribution in [1.29, 1.82) is 0 Å². The third-order valence-corrected chi connectivity index (χ3v) is 4.93. The molecule has 0 radical (unpaired) electrons. The summed E-state index contributed by atoms with van der Waals surface area (Å²) in [6.07, 6.45) is 7.98. The molecule has 8 nitrogen and oxygen atoms in total. The predicted octanol–water partition coefficient (Wildman–Crippen LogP) is 3.22. The van der Waals surface area contributed by atoms with E-state index in [0.717, 1.165) is 23.3 Å². The van der Waals surface area contributed by atoms with Gasteiger partial charge in [-0.1, -0.05) is 42.5 Å². The Kier molecular flexibility index (Phi) is 4.09. The van der Waals surface area contributed by atoms with Crippen molar-refractivity contribution >= 4 is 33.9 Å². The van der Waals surface area contributed by atoms with E-state index in [1.807, 2.05) is 66.6 Å². The van der Waals surface area contributed by atoms with Gasteiger partial charge in [0.05, 0.1) is 11.4 Å². The predicted molar refractivity (Wildman–Crippen MR) is 111 cm³/mol. The van der Waals surface area contributed by atoms with Crippen LogP contribution in [-0.4, -0.2) is 37.6 Å². The fraction of sp³-hybridized carbons (Fsp3) is 0.143. The summed E-state index contributed by atoms with van der Waals surface area (Å²) in [5.41, 5.74) is 2.83. The van der Waals surface area contributed by atoms with Gasteiger partial charge in [-0.15, -0.1) is 0 Å². The lowest BCUT2D eigenvalue weighted by molar-refractivity contribution is 0.0930. The summed E-state index contributed by atoms with van der Waals surface area (Å²) in [5, 5.41) is 11.2. The number of fused-ring (bicyclic) bond motifs is 2. The summed E-state index contributed by atoms with van der Waals surface area (Å²) in [4.78, 5) is 26.7. The lowest BCUT2D eigenvalue weighted by Gasteiger charge is -2.17. The highest BCUT2D eigenvalue weighted by atomic mass is 16.2. The molecule has 3 N–H and O–H groups in total. The van der Waals surface area contributed by atoms with E-state index in [1.54, 1.807) is 0 Å². The van der Waals surface area contributed by atoms with Gasteiger partial charge in [-0.2, -0.15) is 5.10 Å². The molecule has 0 bridgehead atoms. The summed E-state index contributed by atoms with van der Waals surface area (Å²) < 4.78 is 0. The molecule has 1 atom stereocenters. The van der Waals surface area contributed by atoms with E-state index >= 15 is 0 Å². The highest BCUT2D eigenvalue weighted by Gasteiger charge is 2.19. The zero-order valence-corrected chi connectivity index (χ0v) is 15.8. The van der Waals surface area contributed by atoms with Crippen LogP contribution >= 0.6 is 0 Å². The molecule has 1 aromatic carbocycles. The first-order valence-electron chi connectivity index (χ1n) is 9.39. The molecule has 0 saturated heterocycles. The van der Waals surface area contributed by atoms with Gasteiger partial charge in [0.1, 0.15) is 5.52 Å². The number of hydrogen-bond acceptors (Lipinski definition) is 5. The van der Waals surface area contributed by atoms with Gasteiger partial charge in [0.25, 0.3) is 5.91 Å². The van der Waals surface area contributed by atoms with Gasteiger partial charge in [-0.25, -0.2) is 9.97 Å². The topological polar surface area (TPSA) is 103 Å². The standard InChI is InChI=1S/C21H19N7O/c1-13(14-8-4-2-5-9-14)22-21(29)19-23-16-12-15-17(24-18(16)25-19)26-27-20(15)28-10-6-3-7-11-28/h2-10,12-13H,11H2,1H3,(H,22,29)(H2,23,24,25,26,27)/t13-/m1/s1. The molecule has 0 spiro atoms. The molecule has 144 valence electrons.